The van der Waals surface area contributed by atoms with Gasteiger partial charge in [-0.2, -0.15) is 0 Å². The van der Waals surface area contributed by atoms with Gasteiger partial charge in [0.05, 0.1) is 5.52 Å². The van der Waals surface area contributed by atoms with Gasteiger partial charge in [0.15, 0.2) is 6.10 Å². The van der Waals surface area contributed by atoms with Crippen LogP contribution in [0.5, 0.6) is 5.75 Å². The normalized spacial score (nSPS) is 11.9. The molecule has 25 heavy (non-hydrogen) atoms. The first-order valence-corrected chi connectivity index (χ1v) is 8.54. The maximum atomic E-state index is 12.2. The number of ether oxygens (including phenoxy) is 1. The predicted molar refractivity (Wildman–Crippen MR) is 100.0 cm³/mol. The molecule has 0 radical (unpaired) electrons. The molecule has 0 fully saturated rings. The average molecular weight is 355 g/mol. The standard InChI is InChI=1S/C20H19ClN2O2/c1-14(25-18-9-7-17(21)8-10-18)20(24)23-13-11-16-5-2-4-15-6-3-12-22-19(15)16/h2-10,12,14H,11,13H2,1H3,(H,23,24). The van der Waals surface area contributed by atoms with Gasteiger partial charge in [0.25, 0.3) is 5.91 Å². The van der Waals surface area contributed by atoms with E-state index in [4.69, 9.17) is 16.3 Å². The van der Waals surface area contributed by atoms with E-state index in [0.717, 1.165) is 16.5 Å². The molecule has 3 aromatic rings. The summed E-state index contributed by atoms with van der Waals surface area (Å²) in [7, 11) is 0. The Morgan fingerprint density at radius 3 is 2.72 bits per heavy atom. The van der Waals surface area contributed by atoms with Gasteiger partial charge in [-0.15, -0.1) is 0 Å². The smallest absolute Gasteiger partial charge is 0.260 e. The number of hydrogen-bond donors (Lipinski definition) is 1. The fraction of sp³-hybridized carbons (Fsp3) is 0.200. The van der Waals surface area contributed by atoms with Crippen LogP contribution in [-0.4, -0.2) is 23.5 Å². The maximum absolute atomic E-state index is 12.2. The van der Waals surface area contributed by atoms with E-state index in [1.165, 1.54) is 0 Å². The van der Waals surface area contributed by atoms with Crippen LogP contribution in [0, 0.1) is 0 Å². The molecule has 3 rings (SSSR count). The van der Waals surface area contributed by atoms with E-state index in [1.54, 1.807) is 37.4 Å². The molecule has 1 atom stereocenters. The fourth-order valence-corrected chi connectivity index (χ4v) is 2.73. The summed E-state index contributed by atoms with van der Waals surface area (Å²) < 4.78 is 5.62. The number of carbonyl (C=O) groups excluding carboxylic acids is 1. The molecule has 0 aliphatic heterocycles. The Hall–Kier alpha value is -2.59. The van der Waals surface area contributed by atoms with Crippen molar-refractivity contribution in [3.8, 4) is 5.75 Å². The van der Waals surface area contributed by atoms with Crippen LogP contribution in [0.1, 0.15) is 12.5 Å². The van der Waals surface area contributed by atoms with Crippen LogP contribution in [0.25, 0.3) is 10.9 Å². The minimum atomic E-state index is -0.577. The van der Waals surface area contributed by atoms with Crippen LogP contribution in [0.3, 0.4) is 0 Å². The van der Waals surface area contributed by atoms with Gasteiger partial charge in [-0.3, -0.25) is 9.78 Å². The summed E-state index contributed by atoms with van der Waals surface area (Å²) >= 11 is 5.84. The van der Waals surface area contributed by atoms with Gasteiger partial charge in [0.2, 0.25) is 0 Å². The minimum Gasteiger partial charge on any atom is -0.481 e. The van der Waals surface area contributed by atoms with Gasteiger partial charge in [0, 0.05) is 23.2 Å². The second-order valence-corrected chi connectivity index (χ2v) is 6.18. The summed E-state index contributed by atoms with van der Waals surface area (Å²) in [4.78, 5) is 16.6. The number of nitrogens with one attached hydrogen (secondary N) is 1. The summed E-state index contributed by atoms with van der Waals surface area (Å²) in [6.07, 6.45) is 1.92. The number of fused-ring (bicyclic) bond motifs is 1. The first kappa shape index (κ1) is 17.2. The summed E-state index contributed by atoms with van der Waals surface area (Å²) in [6, 6.07) is 17.0. The molecule has 5 heteroatoms. The Labute approximate surface area is 151 Å². The Morgan fingerprint density at radius 2 is 1.92 bits per heavy atom. The second-order valence-electron chi connectivity index (χ2n) is 5.75. The zero-order chi connectivity index (χ0) is 17.6. The Kier molecular flexibility index (Phi) is 5.51. The van der Waals surface area contributed by atoms with Crippen molar-refractivity contribution in [1.29, 1.82) is 0 Å². The Balaban J connectivity index is 1.54. The van der Waals surface area contributed by atoms with Gasteiger partial charge in [-0.1, -0.05) is 35.9 Å². The van der Waals surface area contributed by atoms with E-state index < -0.39 is 6.10 Å². The molecule has 0 aliphatic rings. The molecular weight excluding hydrogens is 336 g/mol. The summed E-state index contributed by atoms with van der Waals surface area (Å²) in [6.45, 7) is 2.26. The SMILES string of the molecule is CC(Oc1ccc(Cl)cc1)C(=O)NCCc1cccc2cccnc12. The van der Waals surface area contributed by atoms with Crippen LogP contribution in [-0.2, 0) is 11.2 Å². The minimum absolute atomic E-state index is 0.150. The van der Waals surface area contributed by atoms with E-state index in [0.29, 0.717) is 23.7 Å². The lowest BCUT2D eigenvalue weighted by Crippen LogP contribution is -2.37. The van der Waals surface area contributed by atoms with Crippen LogP contribution in [0.15, 0.2) is 60.8 Å². The van der Waals surface area contributed by atoms with Crippen molar-refractivity contribution in [1.82, 2.24) is 10.3 Å². The molecule has 1 N–H and O–H groups in total. The zero-order valence-electron chi connectivity index (χ0n) is 13.9. The highest BCUT2D eigenvalue weighted by atomic mass is 35.5. The first-order chi connectivity index (χ1) is 12.1. The number of para-hydroxylation sites is 1. The molecule has 1 heterocycles. The fourth-order valence-electron chi connectivity index (χ4n) is 2.60. The van der Waals surface area contributed by atoms with Crippen molar-refractivity contribution in [3.63, 3.8) is 0 Å². The molecule has 0 saturated heterocycles. The van der Waals surface area contributed by atoms with E-state index in [-0.39, 0.29) is 5.91 Å². The average Bonchev–Trinajstić information content (AvgIpc) is 2.63. The number of rotatable bonds is 6. The van der Waals surface area contributed by atoms with Gasteiger partial charge in [-0.05, 0) is 49.2 Å². The maximum Gasteiger partial charge on any atom is 0.260 e. The van der Waals surface area contributed by atoms with Crippen LogP contribution < -0.4 is 10.1 Å². The van der Waals surface area contributed by atoms with Gasteiger partial charge in [-0.25, -0.2) is 0 Å². The lowest BCUT2D eigenvalue weighted by atomic mass is 10.1. The van der Waals surface area contributed by atoms with Gasteiger partial charge >= 0.3 is 0 Å². The van der Waals surface area contributed by atoms with E-state index in [1.807, 2.05) is 30.3 Å². The molecule has 1 aromatic heterocycles. The van der Waals surface area contributed by atoms with Crippen LogP contribution >= 0.6 is 11.6 Å². The van der Waals surface area contributed by atoms with Gasteiger partial charge < -0.3 is 10.1 Å². The van der Waals surface area contributed by atoms with E-state index in [2.05, 4.69) is 10.3 Å². The van der Waals surface area contributed by atoms with Gasteiger partial charge in [0.1, 0.15) is 5.75 Å². The predicted octanol–water partition coefficient (Wildman–Crippen LogP) is 4.01. The molecule has 0 bridgehead atoms. The third kappa shape index (κ3) is 4.48. The van der Waals surface area contributed by atoms with Crippen LogP contribution in [0.2, 0.25) is 5.02 Å². The largest absolute Gasteiger partial charge is 0.481 e. The molecule has 4 nitrogen and oxygen atoms in total. The summed E-state index contributed by atoms with van der Waals surface area (Å²) in [5.74, 6) is 0.466. The lowest BCUT2D eigenvalue weighted by molar-refractivity contribution is -0.127. The molecule has 0 aliphatic carbocycles. The number of pyridine rings is 1. The molecular formula is C20H19ClN2O2. The van der Waals surface area contributed by atoms with Crippen molar-refractivity contribution in [2.45, 2.75) is 19.4 Å². The number of amides is 1. The number of nitrogens with zero attached hydrogens (tertiary/aromatic N) is 1. The summed E-state index contributed by atoms with van der Waals surface area (Å²) in [5.41, 5.74) is 2.09. The van der Waals surface area contributed by atoms with Crippen LogP contribution in [0.4, 0.5) is 0 Å². The molecule has 128 valence electrons. The number of carbonyl (C=O) groups is 1. The molecule has 1 amide bonds. The van der Waals surface area contributed by atoms with Crippen molar-refractivity contribution in [3.05, 3.63) is 71.4 Å². The number of aromatic nitrogens is 1. The third-order valence-electron chi connectivity index (χ3n) is 3.91. The summed E-state index contributed by atoms with van der Waals surface area (Å²) in [5, 5.41) is 4.64. The van der Waals surface area contributed by atoms with Crippen molar-refractivity contribution in [2.75, 3.05) is 6.54 Å². The number of hydrogen-bond acceptors (Lipinski definition) is 3. The molecule has 0 spiro atoms. The first-order valence-electron chi connectivity index (χ1n) is 8.16. The second kappa shape index (κ2) is 7.99. The number of halogens is 1. The highest BCUT2D eigenvalue weighted by molar-refractivity contribution is 6.30. The Morgan fingerprint density at radius 1 is 1.16 bits per heavy atom. The van der Waals surface area contributed by atoms with E-state index >= 15 is 0 Å². The molecule has 0 saturated carbocycles. The van der Waals surface area contributed by atoms with Crippen molar-refractivity contribution >= 4 is 28.4 Å². The Bertz CT molecular complexity index is 860. The third-order valence-corrected chi connectivity index (χ3v) is 4.16. The zero-order valence-corrected chi connectivity index (χ0v) is 14.7. The van der Waals surface area contributed by atoms with Crippen molar-refractivity contribution in [2.24, 2.45) is 0 Å². The highest BCUT2D eigenvalue weighted by Gasteiger charge is 2.14. The quantitative estimate of drug-likeness (QED) is 0.727. The van der Waals surface area contributed by atoms with E-state index in [9.17, 15) is 4.79 Å². The molecule has 2 aromatic carbocycles. The lowest BCUT2D eigenvalue weighted by Gasteiger charge is -2.15. The monoisotopic (exact) mass is 354 g/mol. The van der Waals surface area contributed by atoms with Crippen molar-refractivity contribution < 1.29 is 9.53 Å². The molecule has 1 unspecified atom stereocenters. The topological polar surface area (TPSA) is 51.2 Å². The number of benzene rings is 2. The highest BCUT2D eigenvalue weighted by Crippen LogP contribution is 2.17.